The van der Waals surface area contributed by atoms with E-state index in [1.165, 1.54) is 6.07 Å². The topological polar surface area (TPSA) is 60.2 Å². The molecule has 4 nitrogen and oxygen atoms in total. The first-order valence-electron chi connectivity index (χ1n) is 4.01. The molecule has 0 aliphatic carbocycles. The monoisotopic (exact) mass is 335 g/mol. The predicted molar refractivity (Wildman–Crippen MR) is 63.7 cm³/mol. The number of carbonyl (C=O) groups excluding carboxylic acids is 1. The van der Waals surface area contributed by atoms with Crippen LogP contribution in [0.15, 0.2) is 16.6 Å². The fraction of sp³-hybridized carbons (Fsp3) is 0.222. The van der Waals surface area contributed by atoms with Crippen molar-refractivity contribution in [1.29, 1.82) is 0 Å². The van der Waals surface area contributed by atoms with Gasteiger partial charge in [-0.15, -0.1) is 0 Å². The number of hydrogen-bond acceptors (Lipinski definition) is 3. The van der Waals surface area contributed by atoms with Gasteiger partial charge in [0.2, 0.25) is 0 Å². The second-order valence-corrected chi connectivity index (χ2v) is 4.26. The summed E-state index contributed by atoms with van der Waals surface area (Å²) in [6.07, 6.45) is 0. The number of ketones is 1. The summed E-state index contributed by atoms with van der Waals surface area (Å²) in [5, 5.41) is 10.8. The summed E-state index contributed by atoms with van der Waals surface area (Å²) in [6, 6.07) is 2.95. The molecule has 0 unspecified atom stereocenters. The predicted octanol–water partition coefficient (Wildman–Crippen LogP) is 3.24. The molecule has 0 heterocycles. The van der Waals surface area contributed by atoms with Gasteiger partial charge in [0.05, 0.1) is 10.3 Å². The lowest BCUT2D eigenvalue weighted by atomic mass is 10.1. The number of alkyl halides is 1. The van der Waals surface area contributed by atoms with E-state index in [2.05, 4.69) is 31.9 Å². The lowest BCUT2D eigenvalue weighted by Gasteiger charge is -2.05. The fourth-order valence-corrected chi connectivity index (χ4v) is 1.99. The summed E-state index contributed by atoms with van der Waals surface area (Å²) in [5.41, 5.74) is 0.749. The molecule has 80 valence electrons. The molecule has 0 aromatic heterocycles. The molecule has 0 aliphatic heterocycles. The quantitative estimate of drug-likeness (QED) is 0.368. The highest BCUT2D eigenvalue weighted by Crippen LogP contribution is 2.30. The van der Waals surface area contributed by atoms with Gasteiger partial charge in [0.15, 0.2) is 5.78 Å². The fourth-order valence-electron chi connectivity index (χ4n) is 1.15. The molecule has 15 heavy (non-hydrogen) atoms. The zero-order valence-corrected chi connectivity index (χ0v) is 11.0. The molecule has 0 atom stereocenters. The third kappa shape index (κ3) is 2.43. The molecule has 0 spiro atoms. The summed E-state index contributed by atoms with van der Waals surface area (Å²) < 4.78 is 0.487. The van der Waals surface area contributed by atoms with Crippen LogP contribution < -0.4 is 0 Å². The summed E-state index contributed by atoms with van der Waals surface area (Å²) in [6.45, 7) is 1.78. The second-order valence-electron chi connectivity index (χ2n) is 2.90. The average Bonchev–Trinajstić information content (AvgIpc) is 2.20. The van der Waals surface area contributed by atoms with Gasteiger partial charge in [-0.2, -0.15) is 0 Å². The van der Waals surface area contributed by atoms with Crippen molar-refractivity contribution in [3.63, 3.8) is 0 Å². The van der Waals surface area contributed by atoms with Gasteiger partial charge in [0, 0.05) is 10.5 Å². The minimum Gasteiger partial charge on any atom is -0.293 e. The molecule has 0 fully saturated rings. The van der Waals surface area contributed by atoms with E-state index in [4.69, 9.17) is 0 Å². The van der Waals surface area contributed by atoms with E-state index in [1.54, 1.807) is 13.0 Å². The number of nitro groups is 1. The van der Waals surface area contributed by atoms with Crippen LogP contribution >= 0.6 is 31.9 Å². The van der Waals surface area contributed by atoms with Gasteiger partial charge in [-0.3, -0.25) is 14.9 Å². The maximum absolute atomic E-state index is 11.5. The Balaban J connectivity index is 3.48. The SMILES string of the molecule is Cc1ccc([N+](=O)[O-])c(C(=O)CBr)c1Br. The van der Waals surface area contributed by atoms with Gasteiger partial charge in [0.1, 0.15) is 5.56 Å². The van der Waals surface area contributed by atoms with Crippen molar-refractivity contribution in [2.75, 3.05) is 5.33 Å². The van der Waals surface area contributed by atoms with Crippen LogP contribution in [0.25, 0.3) is 0 Å². The standard InChI is InChI=1S/C9H7Br2NO3/c1-5-2-3-6(12(14)15)8(9(5)11)7(13)4-10/h2-3H,4H2,1H3. The molecular formula is C9H7Br2NO3. The third-order valence-electron chi connectivity index (χ3n) is 1.91. The minimum atomic E-state index is -0.555. The Morgan fingerprint density at radius 2 is 2.13 bits per heavy atom. The van der Waals surface area contributed by atoms with Gasteiger partial charge in [0.25, 0.3) is 5.69 Å². The zero-order valence-electron chi connectivity index (χ0n) is 7.79. The Kier molecular flexibility index (Phi) is 3.98. The van der Waals surface area contributed by atoms with Crippen molar-refractivity contribution >= 4 is 43.3 Å². The molecule has 0 N–H and O–H groups in total. The Morgan fingerprint density at radius 1 is 1.53 bits per heavy atom. The maximum atomic E-state index is 11.5. The van der Waals surface area contributed by atoms with E-state index in [-0.39, 0.29) is 22.4 Å². The largest absolute Gasteiger partial charge is 0.293 e. The van der Waals surface area contributed by atoms with E-state index < -0.39 is 4.92 Å². The van der Waals surface area contributed by atoms with Crippen molar-refractivity contribution in [2.24, 2.45) is 0 Å². The maximum Gasteiger partial charge on any atom is 0.281 e. The number of rotatable bonds is 3. The van der Waals surface area contributed by atoms with Gasteiger partial charge >= 0.3 is 0 Å². The number of hydrogen-bond donors (Lipinski definition) is 0. The second kappa shape index (κ2) is 4.85. The van der Waals surface area contributed by atoms with E-state index >= 15 is 0 Å². The van der Waals surface area contributed by atoms with Crippen LogP contribution in [0.5, 0.6) is 0 Å². The molecule has 1 aromatic carbocycles. The average molecular weight is 337 g/mol. The third-order valence-corrected chi connectivity index (χ3v) is 3.44. The molecule has 1 aromatic rings. The summed E-state index contributed by atoms with van der Waals surface area (Å²) in [7, 11) is 0. The van der Waals surface area contributed by atoms with Crippen molar-refractivity contribution in [3.8, 4) is 0 Å². The number of Topliss-reactive ketones (excluding diaryl/α,β-unsaturated/α-hetero) is 1. The number of benzene rings is 1. The molecule has 0 bridgehead atoms. The normalized spacial score (nSPS) is 10.1. The first kappa shape index (κ1) is 12.3. The summed E-state index contributed by atoms with van der Waals surface area (Å²) in [4.78, 5) is 21.7. The van der Waals surface area contributed by atoms with E-state index in [9.17, 15) is 14.9 Å². The summed E-state index contributed by atoms with van der Waals surface area (Å²) >= 11 is 6.20. The lowest BCUT2D eigenvalue weighted by Crippen LogP contribution is -2.06. The van der Waals surface area contributed by atoms with Crippen molar-refractivity contribution in [3.05, 3.63) is 37.8 Å². The number of carbonyl (C=O) groups is 1. The van der Waals surface area contributed by atoms with Crippen molar-refractivity contribution in [1.82, 2.24) is 0 Å². The summed E-state index contributed by atoms with van der Waals surface area (Å²) in [5.74, 6) is -0.308. The van der Waals surface area contributed by atoms with Crippen LogP contribution in [-0.4, -0.2) is 16.0 Å². The molecular weight excluding hydrogens is 330 g/mol. The highest BCUT2D eigenvalue weighted by Gasteiger charge is 2.23. The van der Waals surface area contributed by atoms with Gasteiger partial charge in [-0.1, -0.05) is 22.0 Å². The first-order chi connectivity index (χ1) is 6.99. The van der Waals surface area contributed by atoms with Crippen LogP contribution in [0.1, 0.15) is 15.9 Å². The van der Waals surface area contributed by atoms with Crippen LogP contribution in [0, 0.1) is 17.0 Å². The highest BCUT2D eigenvalue weighted by atomic mass is 79.9. The Bertz CT molecular complexity index is 432. The zero-order chi connectivity index (χ0) is 11.6. The number of nitro benzene ring substituents is 1. The Morgan fingerprint density at radius 3 is 2.60 bits per heavy atom. The van der Waals surface area contributed by atoms with Crippen LogP contribution in [0.2, 0.25) is 0 Å². The van der Waals surface area contributed by atoms with Gasteiger partial charge in [-0.05, 0) is 28.4 Å². The Hall–Kier alpha value is -0.750. The smallest absolute Gasteiger partial charge is 0.281 e. The van der Waals surface area contributed by atoms with E-state index in [0.717, 1.165) is 5.56 Å². The molecule has 6 heteroatoms. The van der Waals surface area contributed by atoms with E-state index in [0.29, 0.717) is 4.47 Å². The Labute approximate surface area is 103 Å². The van der Waals surface area contributed by atoms with Crippen molar-refractivity contribution in [2.45, 2.75) is 6.92 Å². The molecule has 0 amide bonds. The van der Waals surface area contributed by atoms with Gasteiger partial charge in [-0.25, -0.2) is 0 Å². The van der Waals surface area contributed by atoms with E-state index in [1.807, 2.05) is 0 Å². The minimum absolute atomic E-state index is 0.0654. The van der Waals surface area contributed by atoms with Crippen LogP contribution in [-0.2, 0) is 0 Å². The molecule has 0 saturated carbocycles. The molecule has 0 radical (unpaired) electrons. The highest BCUT2D eigenvalue weighted by molar-refractivity contribution is 9.10. The van der Waals surface area contributed by atoms with Gasteiger partial charge < -0.3 is 0 Å². The number of aryl methyl sites for hydroxylation is 1. The van der Waals surface area contributed by atoms with Crippen molar-refractivity contribution < 1.29 is 9.72 Å². The van der Waals surface area contributed by atoms with Crippen LogP contribution in [0.4, 0.5) is 5.69 Å². The number of nitrogens with zero attached hydrogens (tertiary/aromatic N) is 1. The molecule has 0 aliphatic rings. The molecule has 1 rings (SSSR count). The first-order valence-corrected chi connectivity index (χ1v) is 5.93. The number of halogens is 2. The van der Waals surface area contributed by atoms with Crippen LogP contribution in [0.3, 0.4) is 0 Å². The lowest BCUT2D eigenvalue weighted by molar-refractivity contribution is -0.385. The molecule has 0 saturated heterocycles.